The van der Waals surface area contributed by atoms with Crippen LogP contribution in [0.1, 0.15) is 32.6 Å². The highest BCUT2D eigenvalue weighted by Gasteiger charge is 2.09. The van der Waals surface area contributed by atoms with E-state index in [0.717, 1.165) is 19.3 Å². The fourth-order valence-corrected chi connectivity index (χ4v) is 1.31. The highest BCUT2D eigenvalue weighted by atomic mass is 16.5. The second-order valence-corrected chi connectivity index (χ2v) is 3.62. The molecule has 4 nitrogen and oxygen atoms in total. The van der Waals surface area contributed by atoms with Crippen molar-refractivity contribution in [2.75, 3.05) is 5.73 Å². The summed E-state index contributed by atoms with van der Waals surface area (Å²) in [5.74, 6) is -0.161. The topological polar surface area (TPSA) is 72.5 Å². The SMILES string of the molecule is CCCCCC(=O)Oc1cccc(O)c1N. The van der Waals surface area contributed by atoms with Gasteiger partial charge in [0, 0.05) is 6.42 Å². The Morgan fingerprint density at radius 3 is 2.88 bits per heavy atom. The van der Waals surface area contributed by atoms with Gasteiger partial charge < -0.3 is 15.6 Å². The van der Waals surface area contributed by atoms with Crippen molar-refractivity contribution in [3.05, 3.63) is 18.2 Å². The van der Waals surface area contributed by atoms with Crippen molar-refractivity contribution in [2.45, 2.75) is 32.6 Å². The number of benzene rings is 1. The monoisotopic (exact) mass is 223 g/mol. The first-order chi connectivity index (χ1) is 7.65. The number of para-hydroxylation sites is 1. The Morgan fingerprint density at radius 2 is 2.19 bits per heavy atom. The molecule has 0 amide bonds. The average Bonchev–Trinajstić information content (AvgIpc) is 2.25. The van der Waals surface area contributed by atoms with Gasteiger partial charge in [0.15, 0.2) is 5.75 Å². The van der Waals surface area contributed by atoms with E-state index in [9.17, 15) is 9.90 Å². The van der Waals surface area contributed by atoms with Crippen LogP contribution in [0.3, 0.4) is 0 Å². The third-order valence-electron chi connectivity index (χ3n) is 2.25. The molecule has 0 radical (unpaired) electrons. The predicted molar refractivity (Wildman–Crippen MR) is 62.3 cm³/mol. The first kappa shape index (κ1) is 12.4. The number of phenolic OH excluding ortho intramolecular Hbond substituents is 1. The molecule has 0 saturated carbocycles. The van der Waals surface area contributed by atoms with Gasteiger partial charge in [0.05, 0.1) is 0 Å². The number of aromatic hydroxyl groups is 1. The van der Waals surface area contributed by atoms with E-state index in [4.69, 9.17) is 10.5 Å². The van der Waals surface area contributed by atoms with Crippen LogP contribution >= 0.6 is 0 Å². The summed E-state index contributed by atoms with van der Waals surface area (Å²) in [7, 11) is 0. The molecular weight excluding hydrogens is 206 g/mol. The Bertz CT molecular complexity index is 363. The molecule has 1 aromatic carbocycles. The lowest BCUT2D eigenvalue weighted by atomic mass is 10.2. The van der Waals surface area contributed by atoms with E-state index < -0.39 is 0 Å². The van der Waals surface area contributed by atoms with E-state index in [0.29, 0.717) is 6.42 Å². The zero-order valence-electron chi connectivity index (χ0n) is 9.40. The number of unbranched alkanes of at least 4 members (excludes halogenated alkanes) is 2. The summed E-state index contributed by atoms with van der Waals surface area (Å²) in [5, 5.41) is 9.31. The number of nitrogen functional groups attached to an aromatic ring is 1. The summed E-state index contributed by atoms with van der Waals surface area (Å²) >= 11 is 0. The average molecular weight is 223 g/mol. The van der Waals surface area contributed by atoms with Crippen molar-refractivity contribution < 1.29 is 14.6 Å². The van der Waals surface area contributed by atoms with Gasteiger partial charge in [0.25, 0.3) is 0 Å². The van der Waals surface area contributed by atoms with E-state index in [1.807, 2.05) is 0 Å². The van der Waals surface area contributed by atoms with Gasteiger partial charge >= 0.3 is 5.97 Å². The molecule has 16 heavy (non-hydrogen) atoms. The summed E-state index contributed by atoms with van der Waals surface area (Å²) in [5.41, 5.74) is 5.66. The molecule has 0 bridgehead atoms. The van der Waals surface area contributed by atoms with Gasteiger partial charge in [0.1, 0.15) is 11.4 Å². The number of hydrogen-bond acceptors (Lipinski definition) is 4. The first-order valence-electron chi connectivity index (χ1n) is 5.43. The fraction of sp³-hybridized carbons (Fsp3) is 0.417. The van der Waals surface area contributed by atoms with E-state index in [-0.39, 0.29) is 23.2 Å². The molecule has 0 aromatic heterocycles. The molecule has 0 unspecified atom stereocenters. The Kier molecular flexibility index (Phi) is 4.64. The molecule has 0 atom stereocenters. The normalized spacial score (nSPS) is 10.1. The number of hydrogen-bond donors (Lipinski definition) is 2. The molecule has 0 aliphatic carbocycles. The Balaban J connectivity index is 2.53. The summed E-state index contributed by atoms with van der Waals surface area (Å²) < 4.78 is 5.05. The Labute approximate surface area is 95.0 Å². The van der Waals surface area contributed by atoms with Crippen LogP contribution in [0.2, 0.25) is 0 Å². The number of ether oxygens (including phenoxy) is 1. The van der Waals surface area contributed by atoms with Crippen LogP contribution in [-0.4, -0.2) is 11.1 Å². The standard InChI is InChI=1S/C12H17NO3/c1-2-3-4-8-11(15)16-10-7-5-6-9(14)12(10)13/h5-7,14H,2-4,8,13H2,1H3. The number of phenols is 1. The lowest BCUT2D eigenvalue weighted by Crippen LogP contribution is -2.08. The maximum absolute atomic E-state index is 11.4. The number of esters is 1. The lowest BCUT2D eigenvalue weighted by Gasteiger charge is -2.07. The summed E-state index contributed by atoms with van der Waals surface area (Å²) in [4.78, 5) is 11.4. The third-order valence-corrected chi connectivity index (χ3v) is 2.25. The van der Waals surface area contributed by atoms with Crippen molar-refractivity contribution in [1.82, 2.24) is 0 Å². The molecule has 0 aliphatic rings. The molecule has 0 saturated heterocycles. The molecule has 1 rings (SSSR count). The first-order valence-corrected chi connectivity index (χ1v) is 5.43. The maximum atomic E-state index is 11.4. The molecule has 0 aliphatic heterocycles. The van der Waals surface area contributed by atoms with Crippen molar-refractivity contribution in [3.8, 4) is 11.5 Å². The van der Waals surface area contributed by atoms with Gasteiger partial charge in [-0.15, -0.1) is 0 Å². The third kappa shape index (κ3) is 3.46. The van der Waals surface area contributed by atoms with Crippen molar-refractivity contribution >= 4 is 11.7 Å². The van der Waals surface area contributed by atoms with E-state index in [2.05, 4.69) is 6.92 Å². The second-order valence-electron chi connectivity index (χ2n) is 3.62. The van der Waals surface area contributed by atoms with Crippen LogP contribution in [0.25, 0.3) is 0 Å². The van der Waals surface area contributed by atoms with Gasteiger partial charge in [-0.05, 0) is 18.6 Å². The molecule has 0 fully saturated rings. The number of carbonyl (C=O) groups excluding carboxylic acids is 1. The number of rotatable bonds is 5. The van der Waals surface area contributed by atoms with Crippen molar-refractivity contribution in [1.29, 1.82) is 0 Å². The molecule has 0 heterocycles. The largest absolute Gasteiger partial charge is 0.506 e. The van der Waals surface area contributed by atoms with E-state index in [1.165, 1.54) is 6.07 Å². The quantitative estimate of drug-likeness (QED) is 0.264. The minimum absolute atomic E-state index is 0.0705. The lowest BCUT2D eigenvalue weighted by molar-refractivity contribution is -0.134. The summed E-state index contributed by atoms with van der Waals surface area (Å²) in [6.07, 6.45) is 3.25. The van der Waals surface area contributed by atoms with E-state index in [1.54, 1.807) is 12.1 Å². The highest BCUT2D eigenvalue weighted by molar-refractivity contribution is 5.75. The van der Waals surface area contributed by atoms with Crippen molar-refractivity contribution in [2.24, 2.45) is 0 Å². The zero-order chi connectivity index (χ0) is 12.0. The van der Waals surface area contributed by atoms with Crippen LogP contribution in [0.4, 0.5) is 5.69 Å². The fourth-order valence-electron chi connectivity index (χ4n) is 1.31. The van der Waals surface area contributed by atoms with E-state index >= 15 is 0 Å². The van der Waals surface area contributed by atoms with Crippen molar-refractivity contribution in [3.63, 3.8) is 0 Å². The maximum Gasteiger partial charge on any atom is 0.311 e. The number of nitrogens with two attached hydrogens (primary N) is 1. The molecular formula is C12H17NO3. The molecule has 88 valence electrons. The Hall–Kier alpha value is -1.71. The van der Waals surface area contributed by atoms with Gasteiger partial charge in [-0.3, -0.25) is 4.79 Å². The van der Waals surface area contributed by atoms with Crippen LogP contribution in [0, 0.1) is 0 Å². The smallest absolute Gasteiger partial charge is 0.311 e. The minimum Gasteiger partial charge on any atom is -0.506 e. The molecule has 3 N–H and O–H groups in total. The summed E-state index contributed by atoms with van der Waals surface area (Å²) in [6, 6.07) is 4.59. The molecule has 1 aromatic rings. The van der Waals surface area contributed by atoms with Gasteiger partial charge in [-0.2, -0.15) is 0 Å². The molecule has 0 spiro atoms. The van der Waals surface area contributed by atoms with Crippen LogP contribution in [0.15, 0.2) is 18.2 Å². The van der Waals surface area contributed by atoms with Crippen LogP contribution in [0.5, 0.6) is 11.5 Å². The van der Waals surface area contributed by atoms with Gasteiger partial charge in [-0.1, -0.05) is 25.8 Å². The van der Waals surface area contributed by atoms with Gasteiger partial charge in [0.2, 0.25) is 0 Å². The highest BCUT2D eigenvalue weighted by Crippen LogP contribution is 2.30. The zero-order valence-corrected chi connectivity index (χ0v) is 9.40. The number of carbonyl (C=O) groups is 1. The summed E-state index contributed by atoms with van der Waals surface area (Å²) in [6.45, 7) is 2.07. The predicted octanol–water partition coefficient (Wildman–Crippen LogP) is 2.46. The van der Waals surface area contributed by atoms with Crippen LogP contribution < -0.4 is 10.5 Å². The second kappa shape index (κ2) is 6.00. The molecule has 4 heteroatoms. The van der Waals surface area contributed by atoms with Gasteiger partial charge in [-0.25, -0.2) is 0 Å². The Morgan fingerprint density at radius 1 is 1.44 bits per heavy atom. The number of anilines is 1. The minimum atomic E-state index is -0.314. The van der Waals surface area contributed by atoms with Crippen LogP contribution in [-0.2, 0) is 4.79 Å².